The van der Waals surface area contributed by atoms with Gasteiger partial charge < -0.3 is 9.64 Å². The van der Waals surface area contributed by atoms with Crippen LogP contribution in [0, 0.1) is 0 Å². The number of thiazole rings is 1. The Hall–Kier alpha value is -1.87. The molecule has 6 nitrogen and oxygen atoms in total. The van der Waals surface area contributed by atoms with Crippen LogP contribution >= 0.6 is 22.9 Å². The maximum Gasteiger partial charge on any atom is 0.243 e. The predicted molar refractivity (Wildman–Crippen MR) is 109 cm³/mol. The first-order chi connectivity index (χ1) is 13.0. The first-order valence-electron chi connectivity index (χ1n) is 8.43. The molecule has 3 aromatic rings. The molecule has 0 bridgehead atoms. The fraction of sp³-hybridized carbons (Fsp3) is 0.278. The van der Waals surface area contributed by atoms with Crippen molar-refractivity contribution in [1.29, 1.82) is 0 Å². The minimum absolute atomic E-state index is 0.281. The van der Waals surface area contributed by atoms with Gasteiger partial charge in [-0.15, -0.1) is 0 Å². The van der Waals surface area contributed by atoms with Crippen molar-refractivity contribution < 1.29 is 13.2 Å². The van der Waals surface area contributed by atoms with Crippen molar-refractivity contribution in [2.75, 3.05) is 38.2 Å². The third-order valence-electron chi connectivity index (χ3n) is 4.56. The van der Waals surface area contributed by atoms with Gasteiger partial charge in [-0.2, -0.15) is 4.31 Å². The molecule has 0 unspecified atom stereocenters. The lowest BCUT2D eigenvalue weighted by molar-refractivity contribution is 0.384. The molecule has 0 spiro atoms. The summed E-state index contributed by atoms with van der Waals surface area (Å²) >= 11 is 7.79. The molecule has 0 atom stereocenters. The lowest BCUT2D eigenvalue weighted by Gasteiger charge is -2.33. The molecule has 27 heavy (non-hydrogen) atoms. The number of sulfonamides is 1. The molecule has 1 aromatic heterocycles. The van der Waals surface area contributed by atoms with E-state index in [1.165, 1.54) is 4.31 Å². The van der Waals surface area contributed by atoms with Gasteiger partial charge in [0.25, 0.3) is 0 Å². The molecular formula is C18H18ClN3O3S2. The molecule has 0 amide bonds. The van der Waals surface area contributed by atoms with Crippen LogP contribution in [-0.4, -0.2) is 51.0 Å². The quantitative estimate of drug-likeness (QED) is 0.643. The number of aromatic nitrogens is 1. The number of benzene rings is 2. The zero-order valence-corrected chi connectivity index (χ0v) is 17.0. The SMILES string of the molecule is COc1ccc(S(=O)(=O)N2CCN(c3nc4c(Cl)cccc4s3)CC2)cc1. The molecule has 1 aliphatic rings. The van der Waals surface area contributed by atoms with E-state index in [1.807, 2.05) is 18.2 Å². The second-order valence-corrected chi connectivity index (χ2v) is 9.50. The second kappa shape index (κ2) is 7.27. The number of halogens is 1. The highest BCUT2D eigenvalue weighted by molar-refractivity contribution is 7.89. The fourth-order valence-corrected chi connectivity index (χ4v) is 5.79. The Morgan fingerprint density at radius 2 is 1.78 bits per heavy atom. The smallest absolute Gasteiger partial charge is 0.243 e. The molecule has 1 fully saturated rings. The monoisotopic (exact) mass is 423 g/mol. The summed E-state index contributed by atoms with van der Waals surface area (Å²) in [5.74, 6) is 0.633. The van der Waals surface area contributed by atoms with Crippen LogP contribution < -0.4 is 9.64 Å². The maximum atomic E-state index is 12.9. The lowest BCUT2D eigenvalue weighted by atomic mass is 10.3. The Kier molecular flexibility index (Phi) is 4.98. The molecule has 0 aliphatic carbocycles. The van der Waals surface area contributed by atoms with Gasteiger partial charge in [0.05, 0.1) is 21.7 Å². The van der Waals surface area contributed by atoms with E-state index in [9.17, 15) is 8.42 Å². The summed E-state index contributed by atoms with van der Waals surface area (Å²) in [7, 11) is -1.96. The van der Waals surface area contributed by atoms with Gasteiger partial charge in [0.15, 0.2) is 5.13 Å². The molecule has 142 valence electrons. The van der Waals surface area contributed by atoms with Crippen LogP contribution in [0.1, 0.15) is 0 Å². The van der Waals surface area contributed by atoms with Crippen LogP contribution in [0.4, 0.5) is 5.13 Å². The summed E-state index contributed by atoms with van der Waals surface area (Å²) in [4.78, 5) is 7.02. The molecule has 0 saturated carbocycles. The lowest BCUT2D eigenvalue weighted by Crippen LogP contribution is -2.48. The minimum atomic E-state index is -3.51. The normalized spacial score (nSPS) is 16.0. The number of methoxy groups -OCH3 is 1. The fourth-order valence-electron chi connectivity index (χ4n) is 3.05. The van der Waals surface area contributed by atoms with Crippen molar-refractivity contribution in [2.24, 2.45) is 0 Å². The third kappa shape index (κ3) is 3.50. The zero-order valence-electron chi connectivity index (χ0n) is 14.6. The highest BCUT2D eigenvalue weighted by atomic mass is 35.5. The third-order valence-corrected chi connectivity index (χ3v) is 7.86. The van der Waals surface area contributed by atoms with Gasteiger partial charge >= 0.3 is 0 Å². The number of hydrogen-bond donors (Lipinski definition) is 0. The van der Waals surface area contributed by atoms with Gasteiger partial charge in [-0.05, 0) is 36.4 Å². The molecule has 4 rings (SSSR count). The van der Waals surface area contributed by atoms with Gasteiger partial charge in [-0.25, -0.2) is 13.4 Å². The Bertz CT molecular complexity index is 1060. The van der Waals surface area contributed by atoms with Crippen LogP contribution in [0.15, 0.2) is 47.4 Å². The summed E-state index contributed by atoms with van der Waals surface area (Å²) in [6.45, 7) is 2.01. The largest absolute Gasteiger partial charge is 0.497 e. The Morgan fingerprint density at radius 1 is 1.07 bits per heavy atom. The van der Waals surface area contributed by atoms with Crippen LogP contribution in [0.3, 0.4) is 0 Å². The standard InChI is InChI=1S/C18H18ClN3O3S2/c1-25-13-5-7-14(8-6-13)27(23,24)22-11-9-21(10-12-22)18-20-17-15(19)3-2-4-16(17)26-18/h2-8H,9-12H2,1H3. The summed E-state index contributed by atoms with van der Waals surface area (Å²) in [6.07, 6.45) is 0. The van der Waals surface area contributed by atoms with E-state index in [0.717, 1.165) is 15.3 Å². The number of rotatable bonds is 4. The maximum absolute atomic E-state index is 12.9. The van der Waals surface area contributed by atoms with Crippen LogP contribution in [0.25, 0.3) is 10.2 Å². The van der Waals surface area contributed by atoms with Gasteiger partial charge in [-0.3, -0.25) is 0 Å². The van der Waals surface area contributed by atoms with Crippen LogP contribution in [0.2, 0.25) is 5.02 Å². The van der Waals surface area contributed by atoms with E-state index in [4.69, 9.17) is 16.3 Å². The van der Waals surface area contributed by atoms with Crippen molar-refractivity contribution in [3.63, 3.8) is 0 Å². The number of para-hydroxylation sites is 1. The molecule has 1 aliphatic heterocycles. The summed E-state index contributed by atoms with van der Waals surface area (Å²) in [6, 6.07) is 12.2. The molecule has 0 N–H and O–H groups in total. The number of nitrogens with zero attached hydrogens (tertiary/aromatic N) is 3. The van der Waals surface area contributed by atoms with E-state index in [2.05, 4.69) is 9.88 Å². The van der Waals surface area contributed by atoms with Crippen molar-refractivity contribution in [3.8, 4) is 5.75 Å². The first-order valence-corrected chi connectivity index (χ1v) is 11.1. The highest BCUT2D eigenvalue weighted by Crippen LogP contribution is 2.33. The van der Waals surface area contributed by atoms with E-state index >= 15 is 0 Å². The van der Waals surface area contributed by atoms with Gasteiger partial charge in [-0.1, -0.05) is 29.0 Å². The predicted octanol–water partition coefficient (Wildman–Crippen LogP) is 3.47. The number of fused-ring (bicyclic) bond motifs is 1. The van der Waals surface area contributed by atoms with E-state index < -0.39 is 10.0 Å². The number of anilines is 1. The van der Waals surface area contributed by atoms with Gasteiger partial charge in [0.2, 0.25) is 10.0 Å². The van der Waals surface area contributed by atoms with Gasteiger partial charge in [0.1, 0.15) is 11.3 Å². The number of piperazine rings is 1. The average molecular weight is 424 g/mol. The first kappa shape index (κ1) is 18.5. The molecular weight excluding hydrogens is 406 g/mol. The van der Waals surface area contributed by atoms with Crippen molar-refractivity contribution >= 4 is 48.3 Å². The molecule has 1 saturated heterocycles. The Labute approximate surface area is 167 Å². The van der Waals surface area contributed by atoms with E-state index in [-0.39, 0.29) is 4.90 Å². The molecule has 2 heterocycles. The van der Waals surface area contributed by atoms with E-state index in [0.29, 0.717) is 37.0 Å². The molecule has 9 heteroatoms. The zero-order chi connectivity index (χ0) is 19.0. The number of ether oxygens (including phenoxy) is 1. The molecule has 0 radical (unpaired) electrons. The van der Waals surface area contributed by atoms with Crippen molar-refractivity contribution in [3.05, 3.63) is 47.5 Å². The number of hydrogen-bond acceptors (Lipinski definition) is 6. The van der Waals surface area contributed by atoms with Crippen molar-refractivity contribution in [1.82, 2.24) is 9.29 Å². The average Bonchev–Trinajstić information content (AvgIpc) is 3.14. The topological polar surface area (TPSA) is 62.7 Å². The second-order valence-electron chi connectivity index (χ2n) is 6.15. The summed E-state index contributed by atoms with van der Waals surface area (Å²) < 4.78 is 33.3. The minimum Gasteiger partial charge on any atom is -0.497 e. The summed E-state index contributed by atoms with van der Waals surface area (Å²) in [5, 5.41) is 1.51. The van der Waals surface area contributed by atoms with Crippen LogP contribution in [0.5, 0.6) is 5.75 Å². The summed E-state index contributed by atoms with van der Waals surface area (Å²) in [5.41, 5.74) is 0.799. The van der Waals surface area contributed by atoms with Crippen molar-refractivity contribution in [2.45, 2.75) is 4.90 Å². The van der Waals surface area contributed by atoms with E-state index in [1.54, 1.807) is 42.7 Å². The van der Waals surface area contributed by atoms with Crippen LogP contribution in [-0.2, 0) is 10.0 Å². The molecule has 2 aromatic carbocycles. The Morgan fingerprint density at radius 3 is 2.41 bits per heavy atom. The Balaban J connectivity index is 1.49. The highest BCUT2D eigenvalue weighted by Gasteiger charge is 2.29. The van der Waals surface area contributed by atoms with Gasteiger partial charge in [0, 0.05) is 26.2 Å².